The summed E-state index contributed by atoms with van der Waals surface area (Å²) in [5.41, 5.74) is 0.784. The maximum absolute atomic E-state index is 14.4. The lowest BCUT2D eigenvalue weighted by Gasteiger charge is -2.39. The number of benzene rings is 1. The average molecular weight is 682 g/mol. The molecular weight excluding hydrogens is 651 g/mol. The summed E-state index contributed by atoms with van der Waals surface area (Å²) in [6, 6.07) is 2.70. The highest BCUT2D eigenvalue weighted by Gasteiger charge is 2.49. The molecule has 3 aliphatic rings. The van der Waals surface area contributed by atoms with Crippen molar-refractivity contribution in [2.45, 2.75) is 75.9 Å². The van der Waals surface area contributed by atoms with E-state index in [0.29, 0.717) is 55.0 Å². The van der Waals surface area contributed by atoms with Crippen molar-refractivity contribution in [2.75, 3.05) is 18.4 Å². The number of hydrogen-bond acceptors (Lipinski definition) is 8. The number of carbonyl (C=O) groups excluding carboxylic acids is 2. The van der Waals surface area contributed by atoms with E-state index >= 15 is 0 Å². The van der Waals surface area contributed by atoms with Gasteiger partial charge in [-0.05, 0) is 63.1 Å². The lowest BCUT2D eigenvalue weighted by molar-refractivity contribution is -0.137. The van der Waals surface area contributed by atoms with Gasteiger partial charge in [-0.25, -0.2) is 19.9 Å². The number of likely N-dealkylation sites (tertiary alicyclic amines) is 1. The second-order valence-corrected chi connectivity index (χ2v) is 13.4. The number of amides is 2. The van der Waals surface area contributed by atoms with Gasteiger partial charge in [-0.3, -0.25) is 14.4 Å². The fourth-order valence-electron chi connectivity index (χ4n) is 7.27. The molecule has 250 valence electrons. The number of nitrogens with zero attached hydrogens (tertiary/aromatic N) is 6. The minimum absolute atomic E-state index is 0.0187. The van der Waals surface area contributed by atoms with Gasteiger partial charge in [0.25, 0.3) is 5.91 Å². The molecule has 0 bridgehead atoms. The molecule has 48 heavy (non-hydrogen) atoms. The molecule has 7 rings (SSSR count). The standard InChI is InChI=1S/C33H31ClF3N7O4/c1-16-12-32(7-9-43(10-8-32)31(48)26-28(46)17(2)39-15-40-26)24-27(16)44(30-25(29(24)47)42-22(13-38-30)18-3-4-18)14-23(45)41-21-6-5-19(11-20(21)34)33(35,36)37/h5-6,11,13,15-16,18,46H,3-4,7-10,12,14H2,1-2H3,(H,41,45)/t16-/m1/s1. The van der Waals surface area contributed by atoms with Crippen LogP contribution < -0.4 is 10.7 Å². The summed E-state index contributed by atoms with van der Waals surface area (Å²) in [4.78, 5) is 60.1. The van der Waals surface area contributed by atoms with E-state index in [1.165, 1.54) is 6.33 Å². The zero-order valence-electron chi connectivity index (χ0n) is 26.1. The van der Waals surface area contributed by atoms with Crippen molar-refractivity contribution < 1.29 is 27.9 Å². The highest BCUT2D eigenvalue weighted by atomic mass is 35.5. The average Bonchev–Trinajstić information content (AvgIpc) is 3.85. The number of aryl methyl sites for hydroxylation is 1. The minimum atomic E-state index is -4.59. The fraction of sp³-hybridized carbons (Fsp3) is 0.424. The fourth-order valence-corrected chi connectivity index (χ4v) is 7.49. The normalized spacial score (nSPS) is 18.7. The zero-order valence-corrected chi connectivity index (χ0v) is 26.8. The lowest BCUT2D eigenvalue weighted by Crippen LogP contribution is -2.46. The van der Waals surface area contributed by atoms with Crippen molar-refractivity contribution in [3.63, 3.8) is 0 Å². The predicted molar refractivity (Wildman–Crippen MR) is 169 cm³/mol. The number of alkyl halides is 3. The van der Waals surface area contributed by atoms with E-state index in [-0.39, 0.29) is 57.1 Å². The van der Waals surface area contributed by atoms with Gasteiger partial charge < -0.3 is 19.9 Å². The number of hydrogen-bond donors (Lipinski definition) is 2. The Hall–Kier alpha value is -4.59. The van der Waals surface area contributed by atoms with Crippen LogP contribution in [0.4, 0.5) is 18.9 Å². The van der Waals surface area contributed by atoms with E-state index in [1.54, 1.807) is 22.6 Å². The quantitative estimate of drug-likeness (QED) is 0.283. The number of aromatic nitrogens is 5. The zero-order chi connectivity index (χ0) is 34.1. The van der Waals surface area contributed by atoms with Gasteiger partial charge in [0.15, 0.2) is 22.6 Å². The topological polar surface area (TPSA) is 143 Å². The summed E-state index contributed by atoms with van der Waals surface area (Å²) in [6.45, 7) is 3.90. The van der Waals surface area contributed by atoms with Gasteiger partial charge in [0.2, 0.25) is 11.3 Å². The van der Waals surface area contributed by atoms with Crippen LogP contribution in [0.2, 0.25) is 5.02 Å². The van der Waals surface area contributed by atoms with Crippen molar-refractivity contribution in [3.05, 3.63) is 79.9 Å². The molecule has 2 N–H and O–H groups in total. The molecule has 0 radical (unpaired) electrons. The summed E-state index contributed by atoms with van der Waals surface area (Å²) in [5, 5.41) is 12.8. The third kappa shape index (κ3) is 5.45. The lowest BCUT2D eigenvalue weighted by atomic mass is 9.73. The van der Waals surface area contributed by atoms with Crippen molar-refractivity contribution >= 4 is 40.3 Å². The summed E-state index contributed by atoms with van der Waals surface area (Å²) in [7, 11) is 0. The number of pyridine rings is 1. The van der Waals surface area contributed by atoms with Gasteiger partial charge in [0.05, 0.1) is 33.9 Å². The first-order chi connectivity index (χ1) is 22.8. The number of rotatable bonds is 5. The molecule has 11 nitrogen and oxygen atoms in total. The minimum Gasteiger partial charge on any atom is -0.504 e. The van der Waals surface area contributed by atoms with E-state index in [9.17, 15) is 32.7 Å². The van der Waals surface area contributed by atoms with E-state index in [2.05, 4.69) is 20.3 Å². The molecule has 15 heteroatoms. The van der Waals surface area contributed by atoms with Crippen LogP contribution in [-0.2, 0) is 22.9 Å². The Morgan fingerprint density at radius 3 is 2.54 bits per heavy atom. The van der Waals surface area contributed by atoms with E-state index in [0.717, 1.165) is 31.0 Å². The van der Waals surface area contributed by atoms with E-state index < -0.39 is 29.0 Å². The summed E-state index contributed by atoms with van der Waals surface area (Å²) >= 11 is 6.12. The first-order valence-corrected chi connectivity index (χ1v) is 16.1. The van der Waals surface area contributed by atoms with Crippen LogP contribution in [0.15, 0.2) is 35.5 Å². The summed E-state index contributed by atoms with van der Waals surface area (Å²) < 4.78 is 41.2. The van der Waals surface area contributed by atoms with Crippen LogP contribution in [0.5, 0.6) is 5.75 Å². The number of anilines is 1. The summed E-state index contributed by atoms with van der Waals surface area (Å²) in [6.07, 6.45) is 1.69. The van der Waals surface area contributed by atoms with Crippen LogP contribution in [0.25, 0.3) is 11.2 Å². The van der Waals surface area contributed by atoms with Crippen LogP contribution in [0.1, 0.15) is 89.6 Å². The number of piperidine rings is 1. The molecule has 1 aromatic carbocycles. The molecule has 1 spiro atoms. The Balaban J connectivity index is 1.25. The second kappa shape index (κ2) is 11.5. The van der Waals surface area contributed by atoms with Gasteiger partial charge in [0, 0.05) is 35.7 Å². The van der Waals surface area contributed by atoms with Crippen molar-refractivity contribution in [1.82, 2.24) is 29.4 Å². The Kier molecular flexibility index (Phi) is 7.68. The molecule has 1 atom stereocenters. The van der Waals surface area contributed by atoms with Crippen LogP contribution in [0.3, 0.4) is 0 Å². The van der Waals surface area contributed by atoms with Crippen molar-refractivity contribution in [2.24, 2.45) is 0 Å². The number of aromatic hydroxyl groups is 1. The molecule has 4 heterocycles. The van der Waals surface area contributed by atoms with E-state index in [1.807, 2.05) is 6.92 Å². The largest absolute Gasteiger partial charge is 0.504 e. The van der Waals surface area contributed by atoms with Crippen LogP contribution in [-0.4, -0.2) is 59.4 Å². The van der Waals surface area contributed by atoms with Crippen LogP contribution >= 0.6 is 11.6 Å². The Bertz CT molecular complexity index is 2060. The molecule has 3 aromatic heterocycles. The number of carbonyl (C=O) groups is 2. The van der Waals surface area contributed by atoms with Gasteiger partial charge in [-0.15, -0.1) is 0 Å². The Morgan fingerprint density at radius 1 is 1.15 bits per heavy atom. The van der Waals surface area contributed by atoms with Gasteiger partial charge in [0.1, 0.15) is 12.9 Å². The Morgan fingerprint density at radius 2 is 1.88 bits per heavy atom. The number of fused-ring (bicyclic) bond motifs is 3. The molecule has 1 saturated carbocycles. The third-order valence-electron chi connectivity index (χ3n) is 9.79. The van der Waals surface area contributed by atoms with Gasteiger partial charge in [-0.1, -0.05) is 18.5 Å². The molecular formula is C33H31ClF3N7O4. The van der Waals surface area contributed by atoms with Crippen LogP contribution in [0, 0.1) is 6.92 Å². The smallest absolute Gasteiger partial charge is 0.416 e. The second-order valence-electron chi connectivity index (χ2n) is 13.0. The maximum Gasteiger partial charge on any atom is 0.416 e. The highest BCUT2D eigenvalue weighted by molar-refractivity contribution is 6.33. The number of halogens is 4. The first-order valence-electron chi connectivity index (χ1n) is 15.7. The molecule has 2 fully saturated rings. The SMILES string of the molecule is Cc1ncnc(C(=O)N2CCC3(CC2)C[C@@H](C)c2c3c(=O)c3nc(C4CC4)cnc3n2CC(=O)Nc2ccc(C(F)(F)F)cc2Cl)c1O. The Labute approximate surface area is 277 Å². The molecule has 1 saturated heterocycles. The highest BCUT2D eigenvalue weighted by Crippen LogP contribution is 2.51. The predicted octanol–water partition coefficient (Wildman–Crippen LogP) is 5.47. The third-order valence-corrected chi connectivity index (χ3v) is 10.1. The molecule has 0 unspecified atom stereocenters. The van der Waals surface area contributed by atoms with E-state index in [4.69, 9.17) is 16.6 Å². The van der Waals surface area contributed by atoms with Gasteiger partial charge in [-0.2, -0.15) is 13.2 Å². The monoisotopic (exact) mass is 681 g/mol. The van der Waals surface area contributed by atoms with Gasteiger partial charge >= 0.3 is 6.18 Å². The molecule has 2 amide bonds. The van der Waals surface area contributed by atoms with Crippen molar-refractivity contribution in [1.29, 1.82) is 0 Å². The van der Waals surface area contributed by atoms with Crippen molar-refractivity contribution in [3.8, 4) is 5.75 Å². The first kappa shape index (κ1) is 32.0. The number of nitrogens with one attached hydrogen (secondary N) is 1. The summed E-state index contributed by atoms with van der Waals surface area (Å²) in [5.74, 6) is -1.20. The molecule has 1 aliphatic heterocycles. The molecule has 4 aromatic rings. The maximum atomic E-state index is 14.4. The molecule has 2 aliphatic carbocycles.